The summed E-state index contributed by atoms with van der Waals surface area (Å²) in [4.78, 5) is 11.5. The lowest BCUT2D eigenvalue weighted by Crippen LogP contribution is -2.16. The van der Waals surface area contributed by atoms with Gasteiger partial charge in [-0.1, -0.05) is 0 Å². The van der Waals surface area contributed by atoms with Crippen molar-refractivity contribution in [2.75, 3.05) is 23.4 Å². The lowest BCUT2D eigenvalue weighted by Gasteiger charge is -2.04. The van der Waals surface area contributed by atoms with E-state index < -0.39 is 0 Å². The predicted octanol–water partition coefficient (Wildman–Crippen LogP) is 0.657. The highest BCUT2D eigenvalue weighted by atomic mass is 32.2. The van der Waals surface area contributed by atoms with Crippen LogP contribution in [0.3, 0.4) is 0 Å². The average Bonchev–Trinajstić information content (AvgIpc) is 2.50. The summed E-state index contributed by atoms with van der Waals surface area (Å²) in [5, 5.41) is 9.64. The van der Waals surface area contributed by atoms with Gasteiger partial charge in [-0.05, 0) is 13.8 Å². The smallest absolute Gasteiger partial charge is 0.234 e. The zero-order valence-corrected chi connectivity index (χ0v) is 9.78. The summed E-state index contributed by atoms with van der Waals surface area (Å²) in [6.45, 7) is 4.33. The van der Waals surface area contributed by atoms with Crippen LogP contribution in [0.5, 0.6) is 0 Å². The number of aromatic nitrogens is 2. The number of nitrogens with one attached hydrogen (secondary N) is 2. The second kappa shape index (κ2) is 5.77. The maximum Gasteiger partial charge on any atom is 0.234 e. The minimum absolute atomic E-state index is 0.0129. The van der Waals surface area contributed by atoms with Gasteiger partial charge in [0.15, 0.2) is 0 Å². The highest BCUT2D eigenvalue weighted by Crippen LogP contribution is 2.16. The molecular weight excluding hydrogens is 212 g/mol. The predicted molar refractivity (Wildman–Crippen MR) is 63.1 cm³/mol. The number of nitrogens with zero attached hydrogens (tertiary/aromatic N) is 1. The van der Waals surface area contributed by atoms with Crippen molar-refractivity contribution in [3.63, 3.8) is 0 Å². The number of amides is 1. The Kier molecular flexibility index (Phi) is 4.64. The van der Waals surface area contributed by atoms with Crippen LogP contribution in [0.25, 0.3) is 0 Å². The fourth-order valence-electron chi connectivity index (χ4n) is 1.16. The van der Waals surface area contributed by atoms with Gasteiger partial charge in [0.05, 0.1) is 22.8 Å². The zero-order chi connectivity index (χ0) is 11.3. The number of hydrogen-bond acceptors (Lipinski definition) is 4. The Morgan fingerprint density at radius 1 is 1.60 bits per heavy atom. The van der Waals surface area contributed by atoms with E-state index in [1.165, 1.54) is 11.8 Å². The number of carbonyl (C=O) groups is 1. The van der Waals surface area contributed by atoms with Crippen LogP contribution in [-0.2, 0) is 4.79 Å². The van der Waals surface area contributed by atoms with Gasteiger partial charge in [0.25, 0.3) is 0 Å². The van der Waals surface area contributed by atoms with E-state index in [0.29, 0.717) is 12.3 Å². The molecule has 0 atom stereocenters. The summed E-state index contributed by atoms with van der Waals surface area (Å²) in [7, 11) is 0. The zero-order valence-electron chi connectivity index (χ0n) is 8.96. The van der Waals surface area contributed by atoms with Gasteiger partial charge in [0, 0.05) is 12.3 Å². The van der Waals surface area contributed by atoms with Crippen LogP contribution in [0.15, 0.2) is 0 Å². The van der Waals surface area contributed by atoms with E-state index in [0.717, 1.165) is 22.8 Å². The molecule has 6 heteroatoms. The van der Waals surface area contributed by atoms with Crippen molar-refractivity contribution in [3.8, 4) is 0 Å². The summed E-state index contributed by atoms with van der Waals surface area (Å²) in [6.07, 6.45) is 0. The Morgan fingerprint density at radius 3 is 2.87 bits per heavy atom. The number of anilines is 1. The van der Waals surface area contributed by atoms with Gasteiger partial charge in [0.1, 0.15) is 0 Å². The Hall–Kier alpha value is -1.01. The lowest BCUT2D eigenvalue weighted by atomic mass is 10.3. The molecule has 0 bridgehead atoms. The molecule has 1 heterocycles. The van der Waals surface area contributed by atoms with Crippen molar-refractivity contribution in [3.05, 3.63) is 11.4 Å². The third kappa shape index (κ3) is 3.56. The number of rotatable bonds is 5. The molecule has 0 unspecified atom stereocenters. The van der Waals surface area contributed by atoms with Crippen LogP contribution in [0.4, 0.5) is 5.69 Å². The standard InChI is InChI=1S/C9H16N4OS/c1-6-9(7(2)13-12-6)11-8(14)5-15-4-3-10/h3-5,10H2,1-2H3,(H,11,14)(H,12,13). The number of aryl methyl sites for hydroxylation is 2. The van der Waals surface area contributed by atoms with E-state index in [1.807, 2.05) is 13.8 Å². The molecule has 1 amide bonds. The Balaban J connectivity index is 2.44. The largest absolute Gasteiger partial charge is 0.330 e. The second-order valence-corrected chi connectivity index (χ2v) is 4.30. The molecule has 0 spiro atoms. The molecule has 0 aliphatic rings. The molecule has 5 nitrogen and oxygen atoms in total. The first kappa shape index (κ1) is 12.1. The van der Waals surface area contributed by atoms with Gasteiger partial charge >= 0.3 is 0 Å². The number of hydrogen-bond donors (Lipinski definition) is 3. The third-order valence-corrected chi connectivity index (χ3v) is 2.88. The summed E-state index contributed by atoms with van der Waals surface area (Å²) < 4.78 is 0. The van der Waals surface area contributed by atoms with Gasteiger partial charge < -0.3 is 11.1 Å². The van der Waals surface area contributed by atoms with E-state index in [1.54, 1.807) is 0 Å². The molecule has 1 aromatic heterocycles. The summed E-state index contributed by atoms with van der Waals surface area (Å²) >= 11 is 1.53. The van der Waals surface area contributed by atoms with Crippen LogP contribution >= 0.6 is 11.8 Å². The summed E-state index contributed by atoms with van der Waals surface area (Å²) in [5.74, 6) is 1.22. The number of nitrogens with two attached hydrogens (primary N) is 1. The molecule has 1 rings (SSSR count). The number of H-pyrrole nitrogens is 1. The SMILES string of the molecule is Cc1n[nH]c(C)c1NC(=O)CSCCN. The molecule has 1 aromatic rings. The van der Waals surface area contributed by atoms with Crippen molar-refractivity contribution < 1.29 is 4.79 Å². The highest BCUT2D eigenvalue weighted by molar-refractivity contribution is 7.99. The van der Waals surface area contributed by atoms with Crippen LogP contribution < -0.4 is 11.1 Å². The number of thioether (sulfide) groups is 1. The topological polar surface area (TPSA) is 83.8 Å². The van der Waals surface area contributed by atoms with Crippen LogP contribution in [0.1, 0.15) is 11.4 Å². The molecule has 0 radical (unpaired) electrons. The maximum atomic E-state index is 11.5. The normalized spacial score (nSPS) is 10.3. The van der Waals surface area contributed by atoms with Crippen molar-refractivity contribution in [2.24, 2.45) is 5.73 Å². The first-order valence-corrected chi connectivity index (χ1v) is 5.90. The highest BCUT2D eigenvalue weighted by Gasteiger charge is 2.09. The van der Waals surface area contributed by atoms with Gasteiger partial charge in [-0.25, -0.2) is 0 Å². The minimum atomic E-state index is -0.0129. The molecule has 0 aliphatic carbocycles. The van der Waals surface area contributed by atoms with E-state index in [9.17, 15) is 4.79 Å². The first-order valence-electron chi connectivity index (χ1n) is 4.74. The monoisotopic (exact) mass is 228 g/mol. The lowest BCUT2D eigenvalue weighted by molar-refractivity contribution is -0.113. The van der Waals surface area contributed by atoms with E-state index in [2.05, 4.69) is 15.5 Å². The second-order valence-electron chi connectivity index (χ2n) is 3.20. The molecular formula is C9H16N4OS. The fourth-order valence-corrected chi connectivity index (χ4v) is 1.73. The molecule has 4 N–H and O–H groups in total. The molecule has 84 valence electrons. The van der Waals surface area contributed by atoms with Crippen LogP contribution in [0, 0.1) is 13.8 Å². The fraction of sp³-hybridized carbons (Fsp3) is 0.556. The quantitative estimate of drug-likeness (QED) is 0.646. The van der Waals surface area contributed by atoms with E-state index in [-0.39, 0.29) is 5.91 Å². The number of carbonyl (C=O) groups excluding carboxylic acids is 1. The van der Waals surface area contributed by atoms with Gasteiger partial charge in [-0.15, -0.1) is 0 Å². The minimum Gasteiger partial charge on any atom is -0.330 e. The first-order chi connectivity index (χ1) is 7.15. The molecule has 0 saturated carbocycles. The van der Waals surface area contributed by atoms with Gasteiger partial charge in [-0.2, -0.15) is 16.9 Å². The maximum absolute atomic E-state index is 11.5. The summed E-state index contributed by atoms with van der Waals surface area (Å²) in [5.41, 5.74) is 7.81. The molecule has 0 saturated heterocycles. The molecule has 0 fully saturated rings. The average molecular weight is 228 g/mol. The third-order valence-electron chi connectivity index (χ3n) is 1.89. The Bertz CT molecular complexity index is 317. The van der Waals surface area contributed by atoms with E-state index >= 15 is 0 Å². The number of aromatic amines is 1. The molecule has 0 aliphatic heterocycles. The van der Waals surface area contributed by atoms with Crippen molar-refractivity contribution >= 4 is 23.4 Å². The van der Waals surface area contributed by atoms with Crippen molar-refractivity contribution in [1.82, 2.24) is 10.2 Å². The van der Waals surface area contributed by atoms with Crippen LogP contribution in [0.2, 0.25) is 0 Å². The van der Waals surface area contributed by atoms with Gasteiger partial charge in [0.2, 0.25) is 5.91 Å². The van der Waals surface area contributed by atoms with Crippen LogP contribution in [-0.4, -0.2) is 34.2 Å². The Morgan fingerprint density at radius 2 is 2.33 bits per heavy atom. The van der Waals surface area contributed by atoms with Gasteiger partial charge in [-0.3, -0.25) is 9.89 Å². The van der Waals surface area contributed by atoms with E-state index in [4.69, 9.17) is 5.73 Å². The Labute approximate surface area is 93.2 Å². The van der Waals surface area contributed by atoms with Crippen molar-refractivity contribution in [1.29, 1.82) is 0 Å². The molecule has 15 heavy (non-hydrogen) atoms. The molecule has 0 aromatic carbocycles. The van der Waals surface area contributed by atoms with Crippen molar-refractivity contribution in [2.45, 2.75) is 13.8 Å². The summed E-state index contributed by atoms with van der Waals surface area (Å²) in [6, 6.07) is 0.